The molecule has 0 bridgehead atoms. The number of carbonyl (C=O) groups is 3. The van der Waals surface area contributed by atoms with Gasteiger partial charge in [-0.3, -0.25) is 19.3 Å². The van der Waals surface area contributed by atoms with Crippen molar-refractivity contribution in [2.75, 3.05) is 57.3 Å². The molecule has 290 valence electrons. The second-order valence-corrected chi connectivity index (χ2v) is 15.9. The maximum absolute atomic E-state index is 14.7. The fraction of sp³-hybridized carbons (Fsp3) is 0.362. The van der Waals surface area contributed by atoms with Gasteiger partial charge >= 0.3 is 0 Å². The molecule has 6 rings (SSSR count). The summed E-state index contributed by atoms with van der Waals surface area (Å²) in [5.74, 6) is -0.170. The number of anilines is 1. The number of amides is 3. The molecule has 2 fully saturated rings. The van der Waals surface area contributed by atoms with E-state index in [2.05, 4.69) is 60.9 Å². The summed E-state index contributed by atoms with van der Waals surface area (Å²) >= 11 is 0. The number of rotatable bonds is 11. The molecule has 0 N–H and O–H groups in total. The molecule has 1 atom stereocenters. The average molecular weight is 751 g/mol. The fourth-order valence-corrected chi connectivity index (χ4v) is 7.44. The van der Waals surface area contributed by atoms with Gasteiger partial charge in [-0.05, 0) is 63.6 Å². The SMILES string of the molecule is CC(=O)N1CCN(c2ccc(CN(C(=O)/C=C/c3ccc(C(C)(C)C)cc3)[C@@H](Cc3ccccc3)C(=O)N3CCN(Cc4ccc(C#N)cc4)CC3)cc2)CC1. The van der Waals surface area contributed by atoms with E-state index in [1.807, 2.05) is 94.7 Å². The van der Waals surface area contributed by atoms with Gasteiger partial charge in [0, 0.05) is 90.6 Å². The van der Waals surface area contributed by atoms with Crippen LogP contribution in [0.2, 0.25) is 0 Å². The lowest BCUT2D eigenvalue weighted by atomic mass is 9.87. The first-order valence-electron chi connectivity index (χ1n) is 19.7. The van der Waals surface area contributed by atoms with E-state index in [1.165, 1.54) is 5.56 Å². The van der Waals surface area contributed by atoms with Crippen molar-refractivity contribution in [1.29, 1.82) is 5.26 Å². The number of hydrogen-bond donors (Lipinski definition) is 0. The molecule has 0 aliphatic carbocycles. The molecule has 0 saturated carbocycles. The number of nitrogens with zero attached hydrogens (tertiary/aromatic N) is 6. The number of carbonyl (C=O) groups excluding carboxylic acids is 3. The van der Waals surface area contributed by atoms with Gasteiger partial charge < -0.3 is 19.6 Å². The smallest absolute Gasteiger partial charge is 0.247 e. The topological polar surface area (TPSA) is 91.2 Å². The van der Waals surface area contributed by atoms with Gasteiger partial charge in [0.15, 0.2) is 0 Å². The van der Waals surface area contributed by atoms with Crippen LogP contribution in [0.4, 0.5) is 5.69 Å². The first-order chi connectivity index (χ1) is 27.0. The van der Waals surface area contributed by atoms with Crippen LogP contribution >= 0.6 is 0 Å². The minimum Gasteiger partial charge on any atom is -0.368 e. The summed E-state index contributed by atoms with van der Waals surface area (Å²) in [6, 6.07) is 35.6. The van der Waals surface area contributed by atoms with E-state index in [1.54, 1.807) is 17.9 Å². The average Bonchev–Trinajstić information content (AvgIpc) is 3.22. The molecule has 9 heteroatoms. The Kier molecular flexibility index (Phi) is 13.0. The van der Waals surface area contributed by atoms with Crippen molar-refractivity contribution in [3.05, 3.63) is 143 Å². The molecule has 0 radical (unpaired) electrons. The predicted octanol–water partition coefficient (Wildman–Crippen LogP) is 6.52. The van der Waals surface area contributed by atoms with Crippen LogP contribution in [-0.2, 0) is 39.3 Å². The van der Waals surface area contributed by atoms with E-state index >= 15 is 0 Å². The highest BCUT2D eigenvalue weighted by Crippen LogP contribution is 2.24. The van der Waals surface area contributed by atoms with E-state index in [4.69, 9.17) is 0 Å². The van der Waals surface area contributed by atoms with Crippen LogP contribution in [-0.4, -0.2) is 95.7 Å². The Balaban J connectivity index is 1.24. The summed E-state index contributed by atoms with van der Waals surface area (Å²) in [4.78, 5) is 51.2. The Morgan fingerprint density at radius 2 is 1.34 bits per heavy atom. The molecular weight excluding hydrogens is 697 g/mol. The van der Waals surface area contributed by atoms with Crippen LogP contribution in [0, 0.1) is 11.3 Å². The molecule has 4 aromatic carbocycles. The second-order valence-electron chi connectivity index (χ2n) is 15.9. The number of piperazine rings is 2. The third-order valence-corrected chi connectivity index (χ3v) is 11.0. The van der Waals surface area contributed by atoms with Crippen LogP contribution in [0.5, 0.6) is 0 Å². The summed E-state index contributed by atoms with van der Waals surface area (Å²) in [5, 5.41) is 9.18. The first-order valence-corrected chi connectivity index (χ1v) is 19.7. The van der Waals surface area contributed by atoms with Crippen molar-refractivity contribution in [3.8, 4) is 6.07 Å². The Hall–Kier alpha value is -5.72. The van der Waals surface area contributed by atoms with Crippen molar-refractivity contribution < 1.29 is 14.4 Å². The number of nitriles is 1. The Bertz CT molecular complexity index is 2000. The molecular formula is C47H54N6O3. The quantitative estimate of drug-likeness (QED) is 0.162. The molecule has 4 aromatic rings. The lowest BCUT2D eigenvalue weighted by molar-refractivity contribution is -0.145. The van der Waals surface area contributed by atoms with Crippen LogP contribution in [0.15, 0.2) is 109 Å². The summed E-state index contributed by atoms with van der Waals surface area (Å²) in [7, 11) is 0. The van der Waals surface area contributed by atoms with Crippen LogP contribution in [0.3, 0.4) is 0 Å². The molecule has 0 unspecified atom stereocenters. The molecule has 9 nitrogen and oxygen atoms in total. The molecule has 2 saturated heterocycles. The van der Waals surface area contributed by atoms with Crippen LogP contribution < -0.4 is 4.90 Å². The van der Waals surface area contributed by atoms with Gasteiger partial charge in [-0.2, -0.15) is 5.26 Å². The number of benzene rings is 4. The van der Waals surface area contributed by atoms with Crippen molar-refractivity contribution in [2.45, 2.75) is 58.7 Å². The summed E-state index contributed by atoms with van der Waals surface area (Å²) in [6.45, 7) is 14.6. The lowest BCUT2D eigenvalue weighted by Crippen LogP contribution is -2.56. The molecule has 2 heterocycles. The first kappa shape index (κ1) is 40.0. The van der Waals surface area contributed by atoms with Crippen molar-refractivity contribution >= 4 is 29.5 Å². The molecule has 2 aliphatic heterocycles. The van der Waals surface area contributed by atoms with E-state index in [0.29, 0.717) is 51.3 Å². The van der Waals surface area contributed by atoms with Crippen molar-refractivity contribution in [2.24, 2.45) is 0 Å². The highest BCUT2D eigenvalue weighted by Gasteiger charge is 2.34. The Labute approximate surface area is 332 Å². The lowest BCUT2D eigenvalue weighted by Gasteiger charge is -2.39. The van der Waals surface area contributed by atoms with Gasteiger partial charge in [0.2, 0.25) is 17.7 Å². The highest BCUT2D eigenvalue weighted by atomic mass is 16.2. The Morgan fingerprint density at radius 1 is 0.732 bits per heavy atom. The second kappa shape index (κ2) is 18.3. The van der Waals surface area contributed by atoms with E-state index in [-0.39, 0.29) is 29.7 Å². The van der Waals surface area contributed by atoms with Crippen LogP contribution in [0.1, 0.15) is 61.1 Å². The van der Waals surface area contributed by atoms with Gasteiger partial charge in [-0.25, -0.2) is 0 Å². The van der Waals surface area contributed by atoms with E-state index < -0.39 is 6.04 Å². The summed E-state index contributed by atoms with van der Waals surface area (Å²) in [5.41, 5.74) is 6.93. The maximum Gasteiger partial charge on any atom is 0.247 e. The minimum absolute atomic E-state index is 0.0213. The monoisotopic (exact) mass is 750 g/mol. The van der Waals surface area contributed by atoms with E-state index in [0.717, 1.165) is 47.6 Å². The maximum atomic E-state index is 14.7. The number of hydrogen-bond acceptors (Lipinski definition) is 6. The highest BCUT2D eigenvalue weighted by molar-refractivity contribution is 5.96. The van der Waals surface area contributed by atoms with Crippen LogP contribution in [0.25, 0.3) is 6.08 Å². The zero-order chi connectivity index (χ0) is 39.7. The summed E-state index contributed by atoms with van der Waals surface area (Å²) in [6.07, 6.45) is 3.84. The van der Waals surface area contributed by atoms with Gasteiger partial charge in [0.05, 0.1) is 11.6 Å². The normalized spacial score (nSPS) is 15.7. The predicted molar refractivity (Wildman–Crippen MR) is 223 cm³/mol. The van der Waals surface area contributed by atoms with Gasteiger partial charge in [-0.15, -0.1) is 0 Å². The molecule has 56 heavy (non-hydrogen) atoms. The zero-order valence-electron chi connectivity index (χ0n) is 33.2. The molecule has 0 spiro atoms. The van der Waals surface area contributed by atoms with Gasteiger partial charge in [0.1, 0.15) is 6.04 Å². The van der Waals surface area contributed by atoms with Crippen molar-refractivity contribution in [3.63, 3.8) is 0 Å². The minimum atomic E-state index is -0.720. The molecule has 0 aromatic heterocycles. The molecule has 2 aliphatic rings. The van der Waals surface area contributed by atoms with Crippen molar-refractivity contribution in [1.82, 2.24) is 19.6 Å². The third kappa shape index (κ3) is 10.5. The third-order valence-electron chi connectivity index (χ3n) is 11.0. The summed E-state index contributed by atoms with van der Waals surface area (Å²) < 4.78 is 0. The van der Waals surface area contributed by atoms with Gasteiger partial charge in [-0.1, -0.05) is 99.6 Å². The largest absolute Gasteiger partial charge is 0.368 e. The van der Waals surface area contributed by atoms with E-state index in [9.17, 15) is 19.6 Å². The molecule has 3 amide bonds. The zero-order valence-corrected chi connectivity index (χ0v) is 33.2. The Morgan fingerprint density at radius 3 is 1.93 bits per heavy atom. The standard InChI is InChI=1S/C47H54N6O3/c1-36(54)50-28-30-51(31-29-50)43-21-16-41(17-22-43)35-53(45(55)23-18-37-14-19-42(20-15-37)47(2,3)4)44(32-38-8-6-5-7-9-38)46(56)52-26-24-49(25-27-52)34-40-12-10-39(33-48)11-13-40/h5-23,44H,24-32,34-35H2,1-4H3/b23-18+/t44-/m0/s1. The van der Waals surface area contributed by atoms with Gasteiger partial charge in [0.25, 0.3) is 0 Å². The fourth-order valence-electron chi connectivity index (χ4n) is 7.44.